The lowest BCUT2D eigenvalue weighted by Gasteiger charge is -2.23. The first-order valence-electron chi connectivity index (χ1n) is 10.2. The predicted molar refractivity (Wildman–Crippen MR) is 113 cm³/mol. The number of amides is 2. The highest BCUT2D eigenvalue weighted by molar-refractivity contribution is 5.82. The summed E-state index contributed by atoms with van der Waals surface area (Å²) in [6, 6.07) is 16.8. The van der Waals surface area contributed by atoms with E-state index in [9.17, 15) is 9.59 Å². The Balaban J connectivity index is 1.85. The normalized spacial score (nSPS) is 17.5. The summed E-state index contributed by atoms with van der Waals surface area (Å²) in [5, 5.41) is 0. The van der Waals surface area contributed by atoms with Gasteiger partial charge in [-0.3, -0.25) is 9.59 Å². The van der Waals surface area contributed by atoms with Crippen molar-refractivity contribution in [1.29, 1.82) is 0 Å². The van der Waals surface area contributed by atoms with Gasteiger partial charge in [-0.1, -0.05) is 55.5 Å². The Labute approximate surface area is 168 Å². The van der Waals surface area contributed by atoms with E-state index >= 15 is 0 Å². The molecular formula is C24H30N2O2. The van der Waals surface area contributed by atoms with E-state index in [-0.39, 0.29) is 17.7 Å². The first kappa shape index (κ1) is 20.1. The first-order chi connectivity index (χ1) is 13.5. The molecule has 148 valence electrons. The molecule has 1 aliphatic heterocycles. The van der Waals surface area contributed by atoms with Gasteiger partial charge in [0.05, 0.1) is 5.92 Å². The molecule has 1 fully saturated rings. The van der Waals surface area contributed by atoms with Crippen LogP contribution in [0.4, 0.5) is 0 Å². The molecular weight excluding hydrogens is 348 g/mol. The van der Waals surface area contributed by atoms with Crippen molar-refractivity contribution in [1.82, 2.24) is 9.80 Å². The van der Waals surface area contributed by atoms with Gasteiger partial charge in [-0.15, -0.1) is 0 Å². The van der Waals surface area contributed by atoms with E-state index in [1.54, 1.807) is 0 Å². The molecule has 28 heavy (non-hydrogen) atoms. The molecule has 0 bridgehead atoms. The van der Waals surface area contributed by atoms with Gasteiger partial charge < -0.3 is 9.80 Å². The maximum Gasteiger partial charge on any atom is 0.227 e. The Morgan fingerprint density at radius 2 is 1.86 bits per heavy atom. The van der Waals surface area contributed by atoms with Crippen LogP contribution in [0.1, 0.15) is 31.4 Å². The zero-order valence-electron chi connectivity index (χ0n) is 17.1. The fraction of sp³-hybridized carbons (Fsp3) is 0.417. The van der Waals surface area contributed by atoms with Gasteiger partial charge in [-0.2, -0.15) is 0 Å². The topological polar surface area (TPSA) is 40.6 Å². The minimum absolute atomic E-state index is 0.129. The smallest absolute Gasteiger partial charge is 0.227 e. The number of hydrogen-bond acceptors (Lipinski definition) is 2. The number of hydrogen-bond donors (Lipinski definition) is 0. The first-order valence-corrected chi connectivity index (χ1v) is 10.2. The summed E-state index contributed by atoms with van der Waals surface area (Å²) in [7, 11) is 0. The Bertz CT molecular complexity index is 846. The second kappa shape index (κ2) is 9.05. The van der Waals surface area contributed by atoms with E-state index in [2.05, 4.69) is 49.4 Å². The number of nitrogens with zero attached hydrogens (tertiary/aromatic N) is 2. The van der Waals surface area contributed by atoms with E-state index in [1.807, 2.05) is 29.7 Å². The Morgan fingerprint density at radius 1 is 1.07 bits per heavy atom. The molecule has 3 rings (SSSR count). The average Bonchev–Trinajstić information content (AvgIpc) is 2.87. The highest BCUT2D eigenvalue weighted by Crippen LogP contribution is 2.26. The molecule has 0 aromatic heterocycles. The summed E-state index contributed by atoms with van der Waals surface area (Å²) in [6.07, 6.45) is 1.14. The van der Waals surface area contributed by atoms with Crippen molar-refractivity contribution in [2.45, 2.75) is 33.6 Å². The molecule has 1 aliphatic rings. The monoisotopic (exact) mass is 378 g/mol. The van der Waals surface area contributed by atoms with E-state index in [1.165, 1.54) is 16.7 Å². The zero-order chi connectivity index (χ0) is 20.1. The van der Waals surface area contributed by atoms with Crippen molar-refractivity contribution in [3.8, 4) is 11.1 Å². The Morgan fingerprint density at radius 3 is 2.57 bits per heavy atom. The molecule has 4 nitrogen and oxygen atoms in total. The van der Waals surface area contributed by atoms with Gasteiger partial charge in [-0.05, 0) is 42.5 Å². The lowest BCUT2D eigenvalue weighted by Crippen LogP contribution is -2.37. The maximum atomic E-state index is 13.0. The van der Waals surface area contributed by atoms with Gasteiger partial charge in [-0.25, -0.2) is 0 Å². The van der Waals surface area contributed by atoms with Crippen LogP contribution in [0.25, 0.3) is 11.1 Å². The Kier molecular flexibility index (Phi) is 6.50. The minimum atomic E-state index is -0.190. The number of benzene rings is 2. The summed E-state index contributed by atoms with van der Waals surface area (Å²) in [5.74, 6) is 0.102. The Hall–Kier alpha value is -2.62. The molecule has 0 spiro atoms. The van der Waals surface area contributed by atoms with Crippen LogP contribution in [0.5, 0.6) is 0 Å². The molecule has 0 N–H and O–H groups in total. The van der Waals surface area contributed by atoms with Gasteiger partial charge in [0.25, 0.3) is 0 Å². The third-order valence-electron chi connectivity index (χ3n) is 5.64. The van der Waals surface area contributed by atoms with Crippen LogP contribution in [-0.2, 0) is 16.0 Å². The van der Waals surface area contributed by atoms with Crippen LogP contribution in [0, 0.1) is 12.8 Å². The van der Waals surface area contributed by atoms with Gasteiger partial charge in [0, 0.05) is 32.6 Å². The van der Waals surface area contributed by atoms with Crippen molar-refractivity contribution < 1.29 is 9.59 Å². The average molecular weight is 379 g/mol. The van der Waals surface area contributed by atoms with Gasteiger partial charge >= 0.3 is 0 Å². The largest absolute Gasteiger partial charge is 0.341 e. The molecule has 0 aliphatic carbocycles. The third kappa shape index (κ3) is 4.44. The summed E-state index contributed by atoms with van der Waals surface area (Å²) in [5.41, 5.74) is 4.77. The maximum absolute atomic E-state index is 13.0. The zero-order valence-corrected chi connectivity index (χ0v) is 17.1. The van der Waals surface area contributed by atoms with E-state index < -0.39 is 0 Å². The van der Waals surface area contributed by atoms with Crippen molar-refractivity contribution in [3.05, 3.63) is 59.7 Å². The highest BCUT2D eigenvalue weighted by atomic mass is 16.2. The fourth-order valence-electron chi connectivity index (χ4n) is 4.01. The van der Waals surface area contributed by atoms with E-state index in [4.69, 9.17) is 0 Å². The van der Waals surface area contributed by atoms with Crippen LogP contribution in [0.15, 0.2) is 48.5 Å². The predicted octanol–water partition coefficient (Wildman–Crippen LogP) is 3.92. The summed E-state index contributed by atoms with van der Waals surface area (Å²) < 4.78 is 0. The minimum Gasteiger partial charge on any atom is -0.341 e. The lowest BCUT2D eigenvalue weighted by atomic mass is 9.93. The summed E-state index contributed by atoms with van der Waals surface area (Å²) >= 11 is 0. The van der Waals surface area contributed by atoms with Crippen molar-refractivity contribution in [2.75, 3.05) is 26.2 Å². The third-order valence-corrected chi connectivity index (χ3v) is 5.64. The second-order valence-electron chi connectivity index (χ2n) is 7.53. The van der Waals surface area contributed by atoms with Crippen LogP contribution in [-0.4, -0.2) is 47.8 Å². The quantitative estimate of drug-likeness (QED) is 0.791. The van der Waals surface area contributed by atoms with Crippen LogP contribution < -0.4 is 0 Å². The number of likely N-dealkylation sites (N-methyl/N-ethyl adjacent to an activating group) is 1. The van der Waals surface area contributed by atoms with Gasteiger partial charge in [0.15, 0.2) is 0 Å². The molecule has 2 aromatic carbocycles. The molecule has 1 saturated heterocycles. The van der Waals surface area contributed by atoms with Crippen molar-refractivity contribution >= 4 is 11.8 Å². The van der Waals surface area contributed by atoms with Crippen LogP contribution >= 0.6 is 0 Å². The molecule has 0 saturated carbocycles. The number of carbonyl (C=O) groups excluding carboxylic acids is 2. The SMILES string of the molecule is CCC(=O)N1CCN(CC)C(=O)C(Cc2cccc(-c3ccccc3C)c2)C1. The van der Waals surface area contributed by atoms with Crippen molar-refractivity contribution in [3.63, 3.8) is 0 Å². The summed E-state index contributed by atoms with van der Waals surface area (Å²) in [6.45, 7) is 8.46. The molecule has 0 radical (unpaired) electrons. The van der Waals surface area contributed by atoms with Gasteiger partial charge in [0.1, 0.15) is 0 Å². The fourth-order valence-corrected chi connectivity index (χ4v) is 4.01. The molecule has 4 heteroatoms. The molecule has 1 atom stereocenters. The number of rotatable bonds is 5. The van der Waals surface area contributed by atoms with E-state index in [0.29, 0.717) is 39.0 Å². The standard InChI is InChI=1S/C24H30N2O2/c1-4-23(27)26-14-13-25(5-2)24(28)21(17-26)16-19-10-8-11-20(15-19)22-12-7-6-9-18(22)3/h6-12,15,21H,4-5,13-14,16-17H2,1-3H3. The lowest BCUT2D eigenvalue weighted by molar-refractivity contribution is -0.134. The van der Waals surface area contributed by atoms with Gasteiger partial charge in [0.2, 0.25) is 11.8 Å². The van der Waals surface area contributed by atoms with Crippen LogP contribution in [0.2, 0.25) is 0 Å². The highest BCUT2D eigenvalue weighted by Gasteiger charge is 2.31. The van der Waals surface area contributed by atoms with E-state index in [0.717, 1.165) is 5.56 Å². The van der Waals surface area contributed by atoms with Crippen LogP contribution in [0.3, 0.4) is 0 Å². The number of carbonyl (C=O) groups is 2. The molecule has 2 aromatic rings. The summed E-state index contributed by atoms with van der Waals surface area (Å²) in [4.78, 5) is 29.1. The number of aryl methyl sites for hydroxylation is 1. The molecule has 2 amide bonds. The second-order valence-corrected chi connectivity index (χ2v) is 7.53. The molecule has 1 heterocycles. The van der Waals surface area contributed by atoms with Crippen molar-refractivity contribution in [2.24, 2.45) is 5.92 Å². The molecule has 1 unspecified atom stereocenters.